The summed E-state index contributed by atoms with van der Waals surface area (Å²) in [5, 5.41) is 3.52. The number of hydrogen-bond acceptors (Lipinski definition) is 4. The Bertz CT molecular complexity index is 504. The summed E-state index contributed by atoms with van der Waals surface area (Å²) in [6.07, 6.45) is 3.17. The minimum Gasteiger partial charge on any atom is -0.464 e. The van der Waals surface area contributed by atoms with Crippen molar-refractivity contribution in [2.75, 3.05) is 6.26 Å². The van der Waals surface area contributed by atoms with E-state index in [1.54, 1.807) is 11.8 Å². The Hall–Kier alpha value is -0.710. The first-order valence-corrected chi connectivity index (χ1v) is 8.73. The number of thioether (sulfide) groups is 1. The van der Waals surface area contributed by atoms with Gasteiger partial charge in [0.1, 0.15) is 11.5 Å². The zero-order chi connectivity index (χ0) is 13.7. The van der Waals surface area contributed by atoms with Crippen LogP contribution in [0.15, 0.2) is 28.7 Å². The van der Waals surface area contributed by atoms with Crippen LogP contribution < -0.4 is 5.32 Å². The molecule has 104 valence electrons. The summed E-state index contributed by atoms with van der Waals surface area (Å²) in [7, 11) is 0. The maximum atomic E-state index is 5.75. The molecule has 1 atom stereocenters. The van der Waals surface area contributed by atoms with Crippen molar-refractivity contribution in [3.63, 3.8) is 0 Å². The van der Waals surface area contributed by atoms with Gasteiger partial charge in [0.05, 0.1) is 12.3 Å². The van der Waals surface area contributed by atoms with E-state index in [1.807, 2.05) is 11.3 Å². The van der Waals surface area contributed by atoms with E-state index in [-0.39, 0.29) is 0 Å². The van der Waals surface area contributed by atoms with Crippen molar-refractivity contribution in [3.8, 4) is 0 Å². The van der Waals surface area contributed by atoms with Crippen molar-refractivity contribution in [1.29, 1.82) is 0 Å². The van der Waals surface area contributed by atoms with Gasteiger partial charge in [-0.3, -0.25) is 0 Å². The fraction of sp³-hybridized carbons (Fsp3) is 0.467. The largest absolute Gasteiger partial charge is 0.464 e. The SMILES string of the molecule is CSCc1ccc(CNC(C)Cc2ccc(C)s2)o1. The van der Waals surface area contributed by atoms with Crippen molar-refractivity contribution in [1.82, 2.24) is 5.32 Å². The minimum absolute atomic E-state index is 0.465. The summed E-state index contributed by atoms with van der Waals surface area (Å²) in [6.45, 7) is 5.18. The van der Waals surface area contributed by atoms with Gasteiger partial charge in [0.25, 0.3) is 0 Å². The van der Waals surface area contributed by atoms with Crippen molar-refractivity contribution in [2.24, 2.45) is 0 Å². The third kappa shape index (κ3) is 4.71. The van der Waals surface area contributed by atoms with Crippen LogP contribution in [-0.2, 0) is 18.7 Å². The summed E-state index contributed by atoms with van der Waals surface area (Å²) < 4.78 is 5.75. The van der Waals surface area contributed by atoms with Gasteiger partial charge in [-0.1, -0.05) is 0 Å². The average Bonchev–Trinajstić information content (AvgIpc) is 2.97. The molecule has 0 amide bonds. The Balaban J connectivity index is 1.77. The van der Waals surface area contributed by atoms with Gasteiger partial charge in [-0.05, 0) is 50.8 Å². The van der Waals surface area contributed by atoms with Crippen molar-refractivity contribution in [3.05, 3.63) is 45.5 Å². The second-order valence-corrected chi connectivity index (χ2v) is 7.04. The lowest BCUT2D eigenvalue weighted by Crippen LogP contribution is -2.27. The van der Waals surface area contributed by atoms with Gasteiger partial charge < -0.3 is 9.73 Å². The summed E-state index contributed by atoms with van der Waals surface area (Å²) in [6, 6.07) is 9.02. The van der Waals surface area contributed by atoms with Gasteiger partial charge in [0.15, 0.2) is 0 Å². The van der Waals surface area contributed by atoms with E-state index in [1.165, 1.54) is 9.75 Å². The molecule has 2 heterocycles. The predicted molar refractivity (Wildman–Crippen MR) is 85.0 cm³/mol. The zero-order valence-corrected chi connectivity index (χ0v) is 13.4. The van der Waals surface area contributed by atoms with Crippen LogP contribution in [0.3, 0.4) is 0 Å². The molecule has 0 saturated carbocycles. The van der Waals surface area contributed by atoms with Crippen LogP contribution in [0.25, 0.3) is 0 Å². The third-order valence-electron chi connectivity index (χ3n) is 2.93. The normalized spacial score (nSPS) is 12.8. The highest BCUT2D eigenvalue weighted by Crippen LogP contribution is 2.17. The summed E-state index contributed by atoms with van der Waals surface area (Å²) in [4.78, 5) is 2.83. The first-order chi connectivity index (χ1) is 9.17. The highest BCUT2D eigenvalue weighted by molar-refractivity contribution is 7.97. The van der Waals surface area contributed by atoms with Crippen LogP contribution in [0, 0.1) is 6.92 Å². The van der Waals surface area contributed by atoms with Crippen LogP contribution in [0.2, 0.25) is 0 Å². The smallest absolute Gasteiger partial charge is 0.118 e. The van der Waals surface area contributed by atoms with E-state index in [0.29, 0.717) is 6.04 Å². The van der Waals surface area contributed by atoms with Gasteiger partial charge in [-0.15, -0.1) is 11.3 Å². The summed E-state index contributed by atoms with van der Waals surface area (Å²) in [5.41, 5.74) is 0. The number of thiophene rings is 1. The molecule has 19 heavy (non-hydrogen) atoms. The molecule has 0 aliphatic rings. The van der Waals surface area contributed by atoms with Crippen LogP contribution >= 0.6 is 23.1 Å². The number of nitrogens with one attached hydrogen (secondary N) is 1. The predicted octanol–water partition coefficient (Wildman–Crippen LogP) is 4.23. The Kier molecular flexibility index (Phi) is 5.55. The third-order valence-corrected chi connectivity index (χ3v) is 4.53. The first-order valence-electron chi connectivity index (χ1n) is 6.52. The molecule has 2 aromatic rings. The van der Waals surface area contributed by atoms with Gasteiger partial charge >= 0.3 is 0 Å². The molecule has 1 N–H and O–H groups in total. The number of hydrogen-bond donors (Lipinski definition) is 1. The molecule has 0 spiro atoms. The van der Waals surface area contributed by atoms with Crippen LogP contribution in [0.5, 0.6) is 0 Å². The summed E-state index contributed by atoms with van der Waals surface area (Å²) in [5.74, 6) is 3.04. The average molecular weight is 295 g/mol. The quantitative estimate of drug-likeness (QED) is 0.827. The molecule has 2 nitrogen and oxygen atoms in total. The summed E-state index contributed by atoms with van der Waals surface area (Å²) >= 11 is 3.67. The maximum Gasteiger partial charge on any atom is 0.118 e. The molecule has 0 radical (unpaired) electrons. The lowest BCUT2D eigenvalue weighted by atomic mass is 10.2. The molecular formula is C15H21NOS2. The molecule has 0 fully saturated rings. The van der Waals surface area contributed by atoms with E-state index in [4.69, 9.17) is 4.42 Å². The van der Waals surface area contributed by atoms with E-state index in [2.05, 4.69) is 49.7 Å². The molecule has 0 saturated heterocycles. The molecule has 0 bridgehead atoms. The van der Waals surface area contributed by atoms with Crippen molar-refractivity contribution in [2.45, 2.75) is 38.6 Å². The topological polar surface area (TPSA) is 25.2 Å². The lowest BCUT2D eigenvalue weighted by Gasteiger charge is -2.11. The monoisotopic (exact) mass is 295 g/mol. The molecular weight excluding hydrogens is 274 g/mol. The fourth-order valence-corrected chi connectivity index (χ4v) is 3.44. The van der Waals surface area contributed by atoms with Gasteiger partial charge in [-0.25, -0.2) is 0 Å². The number of furan rings is 1. The lowest BCUT2D eigenvalue weighted by molar-refractivity contribution is 0.438. The molecule has 1 unspecified atom stereocenters. The Morgan fingerprint density at radius 3 is 2.74 bits per heavy atom. The molecule has 2 aromatic heterocycles. The molecule has 0 aromatic carbocycles. The Labute approximate surface area is 123 Å². The Morgan fingerprint density at radius 2 is 2.05 bits per heavy atom. The number of aryl methyl sites for hydroxylation is 1. The van der Waals surface area contributed by atoms with Gasteiger partial charge in [0, 0.05) is 15.8 Å². The second kappa shape index (κ2) is 7.17. The van der Waals surface area contributed by atoms with Gasteiger partial charge in [-0.2, -0.15) is 11.8 Å². The molecule has 2 rings (SSSR count). The second-order valence-electron chi connectivity index (χ2n) is 4.80. The van der Waals surface area contributed by atoms with Gasteiger partial charge in [0.2, 0.25) is 0 Å². The maximum absolute atomic E-state index is 5.75. The minimum atomic E-state index is 0.465. The Morgan fingerprint density at radius 1 is 1.26 bits per heavy atom. The van der Waals surface area contributed by atoms with Crippen LogP contribution in [0.1, 0.15) is 28.2 Å². The van der Waals surface area contributed by atoms with E-state index in [9.17, 15) is 0 Å². The molecule has 0 aliphatic heterocycles. The zero-order valence-electron chi connectivity index (χ0n) is 11.7. The van der Waals surface area contributed by atoms with E-state index >= 15 is 0 Å². The standard InChI is InChI=1S/C15H21NOS2/c1-11(8-15-7-4-12(2)19-15)16-9-13-5-6-14(17-13)10-18-3/h4-7,11,16H,8-10H2,1-3H3. The first kappa shape index (κ1) is 14.7. The highest BCUT2D eigenvalue weighted by atomic mass is 32.2. The molecule has 0 aliphatic carbocycles. The van der Waals surface area contributed by atoms with Crippen LogP contribution in [0.4, 0.5) is 0 Å². The van der Waals surface area contributed by atoms with Crippen molar-refractivity contribution < 1.29 is 4.42 Å². The highest BCUT2D eigenvalue weighted by Gasteiger charge is 2.07. The van der Waals surface area contributed by atoms with Crippen molar-refractivity contribution >= 4 is 23.1 Å². The fourth-order valence-electron chi connectivity index (χ4n) is 1.98. The molecule has 4 heteroatoms. The number of rotatable bonds is 7. The van der Waals surface area contributed by atoms with Crippen LogP contribution in [-0.4, -0.2) is 12.3 Å². The van der Waals surface area contributed by atoms with E-state index in [0.717, 1.165) is 30.2 Å². The van der Waals surface area contributed by atoms with E-state index < -0.39 is 0 Å².